The topological polar surface area (TPSA) is 37.0 Å². The van der Waals surface area contributed by atoms with Crippen molar-refractivity contribution in [3.63, 3.8) is 0 Å². The second-order valence-corrected chi connectivity index (χ2v) is 6.52. The third-order valence-corrected chi connectivity index (χ3v) is 4.67. The molecule has 6 heteroatoms. The number of aromatic nitrogens is 1. The smallest absolute Gasteiger partial charge is 0.130 e. The summed E-state index contributed by atoms with van der Waals surface area (Å²) in [5, 5.41) is 9.68. The zero-order valence-electron chi connectivity index (χ0n) is 11.9. The van der Waals surface area contributed by atoms with Crippen LogP contribution in [0.25, 0.3) is 10.9 Å². The van der Waals surface area contributed by atoms with Gasteiger partial charge in [-0.25, -0.2) is 0 Å². The molecule has 0 radical (unpaired) electrons. The average Bonchev–Trinajstić information content (AvgIpc) is 3.15. The van der Waals surface area contributed by atoms with Crippen LogP contribution in [-0.4, -0.2) is 18.1 Å². The number of rotatable bonds is 7. The number of thiophene rings is 1. The first-order valence-electron chi connectivity index (χ1n) is 7.09. The Morgan fingerprint density at radius 3 is 2.86 bits per heavy atom. The highest BCUT2D eigenvalue weighted by Crippen LogP contribution is 2.36. The molecule has 2 heterocycles. The molecule has 22 heavy (non-hydrogen) atoms. The molecule has 0 aliphatic heterocycles. The Bertz CT molecular complexity index is 740. The Kier molecular flexibility index (Phi) is 5.13. The van der Waals surface area contributed by atoms with Crippen molar-refractivity contribution in [2.45, 2.75) is 12.8 Å². The molecule has 2 N–H and O–H groups in total. The van der Waals surface area contributed by atoms with Crippen LogP contribution in [0.2, 0.25) is 10.0 Å². The van der Waals surface area contributed by atoms with E-state index in [1.165, 1.54) is 5.69 Å². The zero-order chi connectivity index (χ0) is 15.4. The second-order valence-electron chi connectivity index (χ2n) is 4.93. The maximum absolute atomic E-state index is 6.19. The number of anilines is 1. The molecule has 3 rings (SSSR count). The molecule has 116 valence electrons. The van der Waals surface area contributed by atoms with Crippen LogP contribution in [0.3, 0.4) is 0 Å². The lowest BCUT2D eigenvalue weighted by molar-refractivity contribution is 0.312. The normalized spacial score (nSPS) is 11.0. The molecule has 0 aliphatic carbocycles. The van der Waals surface area contributed by atoms with Gasteiger partial charge in [0, 0.05) is 23.8 Å². The SMILES string of the molecule is Clc1ccc(OCCCCNc2ccsc2)c2c(Cl)c[nH]c12. The Morgan fingerprint density at radius 1 is 1.14 bits per heavy atom. The highest BCUT2D eigenvalue weighted by atomic mass is 35.5. The van der Waals surface area contributed by atoms with Crippen LogP contribution in [-0.2, 0) is 0 Å². The van der Waals surface area contributed by atoms with Gasteiger partial charge in [-0.3, -0.25) is 0 Å². The Hall–Kier alpha value is -1.36. The fraction of sp³-hybridized carbons (Fsp3) is 0.250. The zero-order valence-corrected chi connectivity index (χ0v) is 14.2. The van der Waals surface area contributed by atoms with Crippen LogP contribution < -0.4 is 10.1 Å². The molecule has 0 unspecified atom stereocenters. The van der Waals surface area contributed by atoms with Crippen molar-refractivity contribution in [1.29, 1.82) is 0 Å². The van der Waals surface area contributed by atoms with Crippen molar-refractivity contribution < 1.29 is 4.74 Å². The summed E-state index contributed by atoms with van der Waals surface area (Å²) < 4.78 is 5.86. The van der Waals surface area contributed by atoms with Gasteiger partial charge >= 0.3 is 0 Å². The van der Waals surface area contributed by atoms with Gasteiger partial charge in [0.1, 0.15) is 5.75 Å². The minimum Gasteiger partial charge on any atom is -0.493 e. The van der Waals surface area contributed by atoms with Crippen molar-refractivity contribution in [3.05, 3.63) is 45.2 Å². The number of aromatic amines is 1. The largest absolute Gasteiger partial charge is 0.493 e. The highest BCUT2D eigenvalue weighted by Gasteiger charge is 2.11. The molecular weight excluding hydrogens is 339 g/mol. The lowest BCUT2D eigenvalue weighted by atomic mass is 10.2. The number of unbranched alkanes of at least 4 members (excludes halogenated alkanes) is 1. The molecule has 0 spiro atoms. The molecule has 0 saturated carbocycles. The van der Waals surface area contributed by atoms with Gasteiger partial charge in [-0.2, -0.15) is 11.3 Å². The first-order valence-corrected chi connectivity index (χ1v) is 8.79. The van der Waals surface area contributed by atoms with Gasteiger partial charge in [0.15, 0.2) is 0 Å². The molecular formula is C16H16Cl2N2OS. The number of benzene rings is 1. The Morgan fingerprint density at radius 2 is 2.05 bits per heavy atom. The molecule has 0 saturated heterocycles. The van der Waals surface area contributed by atoms with Gasteiger partial charge in [0.05, 0.1) is 27.6 Å². The van der Waals surface area contributed by atoms with Crippen LogP contribution in [0.1, 0.15) is 12.8 Å². The van der Waals surface area contributed by atoms with Crippen LogP contribution in [0, 0.1) is 0 Å². The summed E-state index contributed by atoms with van der Waals surface area (Å²) in [6.45, 7) is 1.60. The maximum atomic E-state index is 6.19. The summed E-state index contributed by atoms with van der Waals surface area (Å²) in [4.78, 5) is 3.07. The third-order valence-electron chi connectivity index (χ3n) is 3.38. The molecule has 0 fully saturated rings. The summed E-state index contributed by atoms with van der Waals surface area (Å²) in [7, 11) is 0. The van der Waals surface area contributed by atoms with Crippen LogP contribution in [0.4, 0.5) is 5.69 Å². The van der Waals surface area contributed by atoms with Gasteiger partial charge in [-0.05, 0) is 36.4 Å². The van der Waals surface area contributed by atoms with Crippen LogP contribution in [0.15, 0.2) is 35.2 Å². The van der Waals surface area contributed by atoms with Crippen molar-refractivity contribution in [1.82, 2.24) is 4.98 Å². The van der Waals surface area contributed by atoms with Crippen molar-refractivity contribution >= 4 is 51.1 Å². The first kappa shape index (κ1) is 15.5. The summed E-state index contributed by atoms with van der Waals surface area (Å²) in [5.74, 6) is 0.774. The Balaban J connectivity index is 1.49. The molecule has 0 aliphatic rings. The van der Waals surface area contributed by atoms with E-state index in [1.54, 1.807) is 17.5 Å². The number of fused-ring (bicyclic) bond motifs is 1. The second kappa shape index (κ2) is 7.27. The summed E-state index contributed by atoms with van der Waals surface area (Å²) in [5.41, 5.74) is 2.01. The Labute approximate surface area is 143 Å². The van der Waals surface area contributed by atoms with E-state index >= 15 is 0 Å². The number of halogens is 2. The fourth-order valence-corrected chi connectivity index (χ4v) is 3.34. The predicted molar refractivity (Wildman–Crippen MR) is 95.9 cm³/mol. The molecule has 2 aromatic heterocycles. The van der Waals surface area contributed by atoms with Gasteiger partial charge in [0.2, 0.25) is 0 Å². The van der Waals surface area contributed by atoms with Crippen molar-refractivity contribution in [2.24, 2.45) is 0 Å². The quantitative estimate of drug-likeness (QED) is 0.525. The lowest BCUT2D eigenvalue weighted by Gasteiger charge is -2.09. The van der Waals surface area contributed by atoms with Gasteiger partial charge < -0.3 is 15.0 Å². The number of hydrogen-bond donors (Lipinski definition) is 2. The van der Waals surface area contributed by atoms with Gasteiger partial charge in [-0.15, -0.1) is 0 Å². The van der Waals surface area contributed by atoms with E-state index in [-0.39, 0.29) is 0 Å². The van der Waals surface area contributed by atoms with E-state index in [4.69, 9.17) is 27.9 Å². The first-order chi connectivity index (χ1) is 10.8. The number of H-pyrrole nitrogens is 1. The molecule has 3 aromatic rings. The maximum Gasteiger partial charge on any atom is 0.130 e. The van der Waals surface area contributed by atoms with Crippen molar-refractivity contribution in [2.75, 3.05) is 18.5 Å². The highest BCUT2D eigenvalue weighted by molar-refractivity contribution is 7.08. The van der Waals surface area contributed by atoms with E-state index in [0.29, 0.717) is 16.7 Å². The lowest BCUT2D eigenvalue weighted by Crippen LogP contribution is -2.04. The van der Waals surface area contributed by atoms with Crippen LogP contribution in [0.5, 0.6) is 5.75 Å². The van der Waals surface area contributed by atoms with E-state index in [0.717, 1.165) is 36.0 Å². The summed E-state index contributed by atoms with van der Waals surface area (Å²) >= 11 is 14.0. The van der Waals surface area contributed by atoms with E-state index in [1.807, 2.05) is 12.1 Å². The minimum atomic E-state index is 0.631. The van der Waals surface area contributed by atoms with Crippen molar-refractivity contribution in [3.8, 4) is 5.75 Å². The summed E-state index contributed by atoms with van der Waals surface area (Å²) in [6, 6.07) is 5.78. The molecule has 0 amide bonds. The minimum absolute atomic E-state index is 0.631. The number of ether oxygens (including phenoxy) is 1. The predicted octanol–water partition coefficient (Wildman–Crippen LogP) is 5.81. The third kappa shape index (κ3) is 3.51. The van der Waals surface area contributed by atoms with E-state index in [9.17, 15) is 0 Å². The monoisotopic (exact) mass is 354 g/mol. The van der Waals surface area contributed by atoms with Gasteiger partial charge in [-0.1, -0.05) is 23.2 Å². The van der Waals surface area contributed by atoms with Gasteiger partial charge in [0.25, 0.3) is 0 Å². The van der Waals surface area contributed by atoms with Crippen LogP contribution >= 0.6 is 34.5 Å². The van der Waals surface area contributed by atoms with E-state index < -0.39 is 0 Å². The molecule has 0 atom stereocenters. The molecule has 1 aromatic carbocycles. The fourth-order valence-electron chi connectivity index (χ4n) is 2.27. The molecule has 3 nitrogen and oxygen atoms in total. The molecule has 0 bridgehead atoms. The summed E-state index contributed by atoms with van der Waals surface area (Å²) in [6.07, 6.45) is 3.76. The number of nitrogens with one attached hydrogen (secondary N) is 2. The van der Waals surface area contributed by atoms with E-state index in [2.05, 4.69) is 27.1 Å². The number of hydrogen-bond acceptors (Lipinski definition) is 3. The standard InChI is InChI=1S/C16H16Cl2N2OS/c17-12-3-4-14(15-13(18)9-20-16(12)15)21-7-2-1-6-19-11-5-8-22-10-11/h3-5,8-10,19-20H,1-2,6-7H2. The average molecular weight is 355 g/mol.